The Morgan fingerprint density at radius 2 is 2.09 bits per heavy atom. The fraction of sp³-hybridized carbons (Fsp3) is 0.556. The smallest absolute Gasteiger partial charge is 0.329 e. The molecule has 1 aromatic carbocycles. The lowest BCUT2D eigenvalue weighted by molar-refractivity contribution is -0.152. The number of carboxylic acids is 1. The lowest BCUT2D eigenvalue weighted by Gasteiger charge is -2.41. The zero-order valence-electron chi connectivity index (χ0n) is 13.9. The number of halogens is 1. The third kappa shape index (κ3) is 3.94. The maximum Gasteiger partial charge on any atom is 0.329 e. The van der Waals surface area contributed by atoms with E-state index in [0.717, 1.165) is 28.4 Å². The van der Waals surface area contributed by atoms with Crippen molar-refractivity contribution in [2.75, 3.05) is 0 Å². The average Bonchev–Trinajstić information content (AvgIpc) is 2.46. The summed E-state index contributed by atoms with van der Waals surface area (Å²) in [6.07, 6.45) is 2.34. The third-order valence-electron chi connectivity index (χ3n) is 5.03. The molecule has 5 heteroatoms. The zero-order chi connectivity index (χ0) is 17.2. The van der Waals surface area contributed by atoms with Crippen LogP contribution in [0.4, 0.5) is 0 Å². The molecule has 126 valence electrons. The van der Waals surface area contributed by atoms with Crippen LogP contribution in [0.25, 0.3) is 0 Å². The number of benzene rings is 1. The molecule has 0 spiro atoms. The predicted octanol–water partition coefficient (Wildman–Crippen LogP) is 3.70. The minimum absolute atomic E-state index is 0.0729. The van der Waals surface area contributed by atoms with Crippen LogP contribution in [-0.2, 0) is 16.0 Å². The van der Waals surface area contributed by atoms with E-state index in [9.17, 15) is 14.7 Å². The normalized spacial score (nSPS) is 27.5. The maximum atomic E-state index is 12.5. The zero-order valence-corrected chi connectivity index (χ0v) is 15.4. The molecule has 0 radical (unpaired) electrons. The van der Waals surface area contributed by atoms with E-state index < -0.39 is 11.5 Å². The number of nitrogens with one attached hydrogen (secondary N) is 1. The van der Waals surface area contributed by atoms with Gasteiger partial charge in [0.05, 0.1) is 6.42 Å². The van der Waals surface area contributed by atoms with Crippen LogP contribution in [0.15, 0.2) is 22.7 Å². The van der Waals surface area contributed by atoms with Gasteiger partial charge in [-0.05, 0) is 61.3 Å². The Bertz CT molecular complexity index is 616. The van der Waals surface area contributed by atoms with Crippen molar-refractivity contribution in [3.63, 3.8) is 0 Å². The number of amides is 1. The van der Waals surface area contributed by atoms with Gasteiger partial charge in [0.2, 0.25) is 5.91 Å². The minimum Gasteiger partial charge on any atom is -0.479 e. The van der Waals surface area contributed by atoms with Gasteiger partial charge < -0.3 is 10.4 Å². The third-order valence-corrected chi connectivity index (χ3v) is 5.53. The number of aryl methyl sites for hydroxylation is 1. The highest BCUT2D eigenvalue weighted by Crippen LogP contribution is 2.37. The Hall–Kier alpha value is -1.36. The summed E-state index contributed by atoms with van der Waals surface area (Å²) in [6.45, 7) is 6.01. The maximum absolute atomic E-state index is 12.5. The van der Waals surface area contributed by atoms with Gasteiger partial charge in [-0.1, -0.05) is 35.8 Å². The van der Waals surface area contributed by atoms with Gasteiger partial charge in [-0.2, -0.15) is 0 Å². The number of aliphatic carboxylic acids is 1. The van der Waals surface area contributed by atoms with Crippen LogP contribution in [-0.4, -0.2) is 22.5 Å². The molecule has 23 heavy (non-hydrogen) atoms. The monoisotopic (exact) mass is 381 g/mol. The first kappa shape index (κ1) is 18.0. The first-order chi connectivity index (χ1) is 10.7. The summed E-state index contributed by atoms with van der Waals surface area (Å²) in [6, 6.07) is 5.79. The fourth-order valence-corrected chi connectivity index (χ4v) is 3.90. The standard InChI is InChI=1S/C18H24BrNO3/c1-11-6-7-18(17(22)23,13(3)8-11)20-16(21)10-14-9-15(19)5-4-12(14)2/h4-5,9,11,13H,6-8,10H2,1-3H3,(H,20,21)(H,22,23)/t11?,13-,18-/m0/s1. The minimum atomic E-state index is -1.14. The summed E-state index contributed by atoms with van der Waals surface area (Å²) in [4.78, 5) is 24.4. The summed E-state index contributed by atoms with van der Waals surface area (Å²) in [5, 5.41) is 12.6. The Kier molecular flexibility index (Phi) is 5.50. The summed E-state index contributed by atoms with van der Waals surface area (Å²) in [5.74, 6) is -0.718. The molecule has 1 fully saturated rings. The SMILES string of the molecule is Cc1ccc(Br)cc1CC(=O)N[C@@]1(C(=O)O)CCC(C)C[C@@H]1C. The van der Waals surface area contributed by atoms with Crippen molar-refractivity contribution in [1.82, 2.24) is 5.32 Å². The molecule has 1 amide bonds. The van der Waals surface area contributed by atoms with Crippen molar-refractivity contribution in [3.05, 3.63) is 33.8 Å². The highest BCUT2D eigenvalue weighted by atomic mass is 79.9. The highest BCUT2D eigenvalue weighted by Gasteiger charge is 2.47. The number of rotatable bonds is 4. The Labute approximate surface area is 145 Å². The number of carboxylic acid groups (broad SMARTS) is 1. The van der Waals surface area contributed by atoms with Crippen molar-refractivity contribution >= 4 is 27.8 Å². The fourth-order valence-electron chi connectivity index (χ4n) is 3.50. The van der Waals surface area contributed by atoms with Gasteiger partial charge in [-0.15, -0.1) is 0 Å². The van der Waals surface area contributed by atoms with Crippen molar-refractivity contribution in [1.29, 1.82) is 0 Å². The van der Waals surface area contributed by atoms with Crippen LogP contribution >= 0.6 is 15.9 Å². The molecule has 1 aliphatic carbocycles. The molecule has 3 atom stereocenters. The molecule has 1 aliphatic rings. The van der Waals surface area contributed by atoms with Gasteiger partial charge in [0.1, 0.15) is 5.54 Å². The quantitative estimate of drug-likeness (QED) is 0.835. The molecule has 0 heterocycles. The summed E-state index contributed by atoms with van der Waals surface area (Å²) in [5.41, 5.74) is 0.802. The van der Waals surface area contributed by atoms with E-state index >= 15 is 0 Å². The molecular weight excluding hydrogens is 358 g/mol. The molecule has 0 bridgehead atoms. The van der Waals surface area contributed by atoms with E-state index in [4.69, 9.17) is 0 Å². The van der Waals surface area contributed by atoms with Crippen LogP contribution in [0.5, 0.6) is 0 Å². The molecular formula is C18H24BrNO3. The highest BCUT2D eigenvalue weighted by molar-refractivity contribution is 9.10. The second-order valence-electron chi connectivity index (χ2n) is 6.85. The Morgan fingerprint density at radius 3 is 2.70 bits per heavy atom. The number of carbonyl (C=O) groups is 2. The largest absolute Gasteiger partial charge is 0.479 e. The second kappa shape index (κ2) is 7.04. The molecule has 0 saturated heterocycles. The first-order valence-corrected chi connectivity index (χ1v) is 8.83. The van der Waals surface area contributed by atoms with E-state index in [1.165, 1.54) is 0 Å². The molecule has 4 nitrogen and oxygen atoms in total. The topological polar surface area (TPSA) is 66.4 Å². The van der Waals surface area contributed by atoms with E-state index in [-0.39, 0.29) is 18.2 Å². The van der Waals surface area contributed by atoms with E-state index in [2.05, 4.69) is 28.2 Å². The van der Waals surface area contributed by atoms with Gasteiger partial charge in [0.25, 0.3) is 0 Å². The Balaban J connectivity index is 2.16. The first-order valence-electron chi connectivity index (χ1n) is 8.04. The van der Waals surface area contributed by atoms with Crippen molar-refractivity contribution < 1.29 is 14.7 Å². The lowest BCUT2D eigenvalue weighted by Crippen LogP contribution is -2.61. The van der Waals surface area contributed by atoms with Crippen molar-refractivity contribution in [2.45, 2.75) is 52.0 Å². The van der Waals surface area contributed by atoms with Crippen LogP contribution in [0.3, 0.4) is 0 Å². The van der Waals surface area contributed by atoms with Crippen molar-refractivity contribution in [3.8, 4) is 0 Å². The summed E-state index contributed by atoms with van der Waals surface area (Å²) in [7, 11) is 0. The van der Waals surface area contributed by atoms with Crippen LogP contribution in [0.1, 0.15) is 44.2 Å². The van der Waals surface area contributed by atoms with E-state index in [1.54, 1.807) is 0 Å². The molecule has 1 saturated carbocycles. The van der Waals surface area contributed by atoms with Crippen LogP contribution in [0, 0.1) is 18.8 Å². The number of carbonyl (C=O) groups excluding carboxylic acids is 1. The molecule has 0 aromatic heterocycles. The summed E-state index contributed by atoms with van der Waals surface area (Å²) >= 11 is 3.41. The van der Waals surface area contributed by atoms with Gasteiger partial charge in [-0.25, -0.2) is 4.79 Å². The van der Waals surface area contributed by atoms with E-state index in [0.29, 0.717) is 12.3 Å². The predicted molar refractivity (Wildman–Crippen MR) is 93.3 cm³/mol. The molecule has 0 aliphatic heterocycles. The molecule has 2 N–H and O–H groups in total. The number of hydrogen-bond donors (Lipinski definition) is 2. The van der Waals surface area contributed by atoms with Crippen LogP contribution in [0.2, 0.25) is 0 Å². The second-order valence-corrected chi connectivity index (χ2v) is 7.77. The molecule has 1 unspecified atom stereocenters. The lowest BCUT2D eigenvalue weighted by atomic mass is 9.70. The molecule has 1 aromatic rings. The molecule has 2 rings (SSSR count). The van der Waals surface area contributed by atoms with Gasteiger partial charge in [0.15, 0.2) is 0 Å². The Morgan fingerprint density at radius 1 is 1.39 bits per heavy atom. The van der Waals surface area contributed by atoms with Gasteiger partial charge in [-0.3, -0.25) is 4.79 Å². The van der Waals surface area contributed by atoms with E-state index in [1.807, 2.05) is 32.0 Å². The van der Waals surface area contributed by atoms with Crippen LogP contribution < -0.4 is 5.32 Å². The van der Waals surface area contributed by atoms with Gasteiger partial charge in [0, 0.05) is 4.47 Å². The summed E-state index contributed by atoms with van der Waals surface area (Å²) < 4.78 is 0.915. The average molecular weight is 382 g/mol. The van der Waals surface area contributed by atoms with Crippen molar-refractivity contribution in [2.24, 2.45) is 11.8 Å². The van der Waals surface area contributed by atoms with Gasteiger partial charge >= 0.3 is 5.97 Å². The number of hydrogen-bond acceptors (Lipinski definition) is 2.